The summed E-state index contributed by atoms with van der Waals surface area (Å²) in [4.78, 5) is 24.4. The van der Waals surface area contributed by atoms with Crippen molar-refractivity contribution in [1.29, 1.82) is 5.26 Å². The second-order valence-corrected chi connectivity index (χ2v) is 9.25. The lowest BCUT2D eigenvalue weighted by atomic mass is 9.74. The molecule has 1 saturated carbocycles. The summed E-state index contributed by atoms with van der Waals surface area (Å²) in [5.41, 5.74) is 5.11. The Kier molecular flexibility index (Phi) is 5.33. The highest BCUT2D eigenvalue weighted by atomic mass is 16.1. The summed E-state index contributed by atoms with van der Waals surface area (Å²) < 4.78 is 0. The zero-order valence-corrected chi connectivity index (χ0v) is 17.6. The zero-order chi connectivity index (χ0) is 21.4. The minimum absolute atomic E-state index is 0.0378. The number of nitriles is 1. The van der Waals surface area contributed by atoms with Crippen LogP contribution in [-0.4, -0.2) is 23.8 Å². The van der Waals surface area contributed by atoms with Crippen molar-refractivity contribution in [3.63, 3.8) is 0 Å². The van der Waals surface area contributed by atoms with Crippen LogP contribution < -0.4 is 10.6 Å². The Labute approximate surface area is 182 Å². The maximum atomic E-state index is 12.9. The Balaban J connectivity index is 1.23. The second kappa shape index (κ2) is 8.28. The van der Waals surface area contributed by atoms with Gasteiger partial charge in [0.2, 0.25) is 5.91 Å². The third kappa shape index (κ3) is 4.13. The second-order valence-electron chi connectivity index (χ2n) is 9.25. The first-order valence-corrected chi connectivity index (χ1v) is 11.3. The molecule has 6 rings (SSSR count). The maximum Gasteiger partial charge on any atom is 0.228 e. The maximum absolute atomic E-state index is 12.9. The van der Waals surface area contributed by atoms with Crippen LogP contribution in [0.4, 0.5) is 5.69 Å². The molecule has 5 heteroatoms. The highest BCUT2D eigenvalue weighted by Gasteiger charge is 2.39. The number of Topliss-reactive ketones (excluding diaryl/α,β-unsaturated/α-hetero) is 1. The van der Waals surface area contributed by atoms with Crippen molar-refractivity contribution in [2.75, 3.05) is 5.32 Å². The normalized spacial score (nSPS) is 24.9. The number of piperidine rings is 2. The molecule has 0 radical (unpaired) electrons. The van der Waals surface area contributed by atoms with E-state index in [-0.39, 0.29) is 23.7 Å². The first-order chi connectivity index (χ1) is 15.1. The van der Waals surface area contributed by atoms with Gasteiger partial charge in [-0.2, -0.15) is 5.26 Å². The minimum atomic E-state index is -0.296. The summed E-state index contributed by atoms with van der Waals surface area (Å²) in [6.07, 6.45) is 5.99. The van der Waals surface area contributed by atoms with E-state index in [1.165, 1.54) is 12.8 Å². The molecule has 1 aliphatic carbocycles. The number of rotatable bonds is 6. The number of nitrogens with one attached hydrogen (secondary N) is 2. The summed E-state index contributed by atoms with van der Waals surface area (Å²) in [7, 11) is 0. The number of hydrogen-bond acceptors (Lipinski definition) is 4. The highest BCUT2D eigenvalue weighted by Crippen LogP contribution is 2.34. The van der Waals surface area contributed by atoms with E-state index in [4.69, 9.17) is 0 Å². The smallest absolute Gasteiger partial charge is 0.228 e. The van der Waals surface area contributed by atoms with Crippen molar-refractivity contribution in [3.05, 3.63) is 53.6 Å². The van der Waals surface area contributed by atoms with E-state index < -0.39 is 0 Å². The van der Waals surface area contributed by atoms with E-state index in [0.29, 0.717) is 31.2 Å². The Hall–Kier alpha value is -2.97. The van der Waals surface area contributed by atoms with Gasteiger partial charge in [-0.25, -0.2) is 0 Å². The van der Waals surface area contributed by atoms with Gasteiger partial charge in [0, 0.05) is 18.2 Å². The predicted molar refractivity (Wildman–Crippen MR) is 119 cm³/mol. The molecule has 4 aliphatic rings. The van der Waals surface area contributed by atoms with E-state index >= 15 is 0 Å². The number of benzene rings is 2. The van der Waals surface area contributed by atoms with Crippen molar-refractivity contribution in [1.82, 2.24) is 5.32 Å². The average Bonchev–Trinajstić information content (AvgIpc) is 3.19. The fourth-order valence-corrected chi connectivity index (χ4v) is 5.41. The van der Waals surface area contributed by atoms with Crippen molar-refractivity contribution < 1.29 is 9.59 Å². The van der Waals surface area contributed by atoms with Crippen LogP contribution in [0.5, 0.6) is 0 Å². The monoisotopic (exact) mass is 413 g/mol. The minimum Gasteiger partial charge on any atom is -0.326 e. The molecular weight excluding hydrogens is 386 g/mol. The number of fused-ring (bicyclic) bond motifs is 4. The first kappa shape index (κ1) is 20.0. The summed E-state index contributed by atoms with van der Waals surface area (Å²) in [5.74, 6) is 0.401. The Morgan fingerprint density at radius 1 is 1.06 bits per heavy atom. The van der Waals surface area contributed by atoms with Crippen LogP contribution in [0, 0.1) is 23.2 Å². The van der Waals surface area contributed by atoms with Crippen LogP contribution in [0.1, 0.15) is 43.2 Å². The van der Waals surface area contributed by atoms with Crippen molar-refractivity contribution in [2.45, 2.75) is 57.0 Å². The topological polar surface area (TPSA) is 82.0 Å². The van der Waals surface area contributed by atoms with Gasteiger partial charge in [-0.15, -0.1) is 0 Å². The SMILES string of the molecule is N#C[C@@H](CC(=O)[C@H]1NC2CCC1CC2)Cc1ccc(-c2ccc3c(c2)NC(=O)C3)cc1. The molecular formula is C26H27N3O2. The quantitative estimate of drug-likeness (QED) is 0.749. The van der Waals surface area contributed by atoms with Gasteiger partial charge in [0.05, 0.1) is 24.4 Å². The lowest BCUT2D eigenvalue weighted by Crippen LogP contribution is -2.56. The lowest BCUT2D eigenvalue weighted by molar-refractivity contribution is -0.125. The van der Waals surface area contributed by atoms with Crippen LogP contribution in [0.15, 0.2) is 42.5 Å². The molecule has 0 aromatic heterocycles. The molecule has 1 amide bonds. The summed E-state index contributed by atoms with van der Waals surface area (Å²) in [5, 5.41) is 16.1. The van der Waals surface area contributed by atoms with Crippen LogP contribution in [0.25, 0.3) is 11.1 Å². The van der Waals surface area contributed by atoms with E-state index in [9.17, 15) is 14.9 Å². The Bertz CT molecular complexity index is 1050. The number of amides is 1. The molecule has 3 heterocycles. The molecule has 0 spiro atoms. The molecule has 5 nitrogen and oxygen atoms in total. The van der Waals surface area contributed by atoms with Crippen LogP contribution >= 0.6 is 0 Å². The molecule has 2 aromatic carbocycles. The standard InChI is InChI=1S/C26H27N3O2/c27-15-17(12-24(30)26-19-7-9-22(28-26)10-8-19)11-16-1-3-18(4-2-16)20-5-6-21-14-25(31)29-23(21)13-20/h1-6,13,17,19,22,26,28H,7-12,14H2,(H,29,31)/t17-,19?,22?,26+/m1/s1. The molecule has 31 heavy (non-hydrogen) atoms. The predicted octanol–water partition coefficient (Wildman–Crippen LogP) is 4.02. The molecule has 158 valence electrons. The number of hydrogen-bond donors (Lipinski definition) is 2. The van der Waals surface area contributed by atoms with Gasteiger partial charge >= 0.3 is 0 Å². The van der Waals surface area contributed by atoms with E-state index in [2.05, 4.69) is 16.7 Å². The fraction of sp³-hybridized carbons (Fsp3) is 0.423. The average molecular weight is 414 g/mol. The Morgan fingerprint density at radius 2 is 1.81 bits per heavy atom. The van der Waals surface area contributed by atoms with Gasteiger partial charge in [-0.05, 0) is 66.3 Å². The molecule has 2 N–H and O–H groups in total. The first-order valence-electron chi connectivity index (χ1n) is 11.3. The van der Waals surface area contributed by atoms with Gasteiger partial charge in [-0.1, -0.05) is 36.4 Å². The molecule has 2 atom stereocenters. The largest absolute Gasteiger partial charge is 0.326 e. The summed E-state index contributed by atoms with van der Waals surface area (Å²) >= 11 is 0. The van der Waals surface area contributed by atoms with Gasteiger partial charge in [0.15, 0.2) is 5.78 Å². The molecule has 3 aliphatic heterocycles. The van der Waals surface area contributed by atoms with E-state index in [1.54, 1.807) is 0 Å². The lowest BCUT2D eigenvalue weighted by Gasteiger charge is -2.43. The van der Waals surface area contributed by atoms with Crippen molar-refractivity contribution in [3.8, 4) is 17.2 Å². The van der Waals surface area contributed by atoms with Crippen LogP contribution in [-0.2, 0) is 22.4 Å². The van der Waals surface area contributed by atoms with Gasteiger partial charge < -0.3 is 10.6 Å². The van der Waals surface area contributed by atoms with E-state index in [0.717, 1.165) is 40.8 Å². The number of carbonyl (C=O) groups excluding carboxylic acids is 2. The summed E-state index contributed by atoms with van der Waals surface area (Å²) in [6, 6.07) is 17.0. The molecule has 2 bridgehead atoms. The Morgan fingerprint density at radius 3 is 2.48 bits per heavy atom. The fourth-order valence-electron chi connectivity index (χ4n) is 5.41. The zero-order valence-electron chi connectivity index (χ0n) is 17.6. The molecule has 3 fully saturated rings. The van der Waals surface area contributed by atoms with Gasteiger partial charge in [0.1, 0.15) is 0 Å². The van der Waals surface area contributed by atoms with Gasteiger partial charge in [0.25, 0.3) is 0 Å². The molecule has 0 unspecified atom stereocenters. The highest BCUT2D eigenvalue weighted by molar-refractivity contribution is 6.00. The third-order valence-electron chi connectivity index (χ3n) is 7.14. The third-order valence-corrected chi connectivity index (χ3v) is 7.14. The molecule has 2 aromatic rings. The number of carbonyl (C=O) groups is 2. The number of nitrogens with zero attached hydrogens (tertiary/aromatic N) is 1. The van der Waals surface area contributed by atoms with Crippen LogP contribution in [0.3, 0.4) is 0 Å². The van der Waals surface area contributed by atoms with Crippen molar-refractivity contribution in [2.24, 2.45) is 11.8 Å². The van der Waals surface area contributed by atoms with Crippen molar-refractivity contribution >= 4 is 17.4 Å². The molecule has 2 saturated heterocycles. The number of anilines is 1. The number of ketones is 1. The van der Waals surface area contributed by atoms with Gasteiger partial charge in [-0.3, -0.25) is 9.59 Å². The summed E-state index contributed by atoms with van der Waals surface area (Å²) in [6.45, 7) is 0. The van der Waals surface area contributed by atoms with Crippen LogP contribution in [0.2, 0.25) is 0 Å². The van der Waals surface area contributed by atoms with E-state index in [1.807, 2.05) is 42.5 Å².